The standard InChI is InChI=1S/C41H48N4O4/c1-6-23-21-44-16-15-40-20-30-26-17-34-36-27(24-11-7-9-13-31(24)43(36)4)18-33(42(34)3)28(26)22-48-39(30,2)49-41(40)35(44)19-25(23)37(38(46)47-5)45(41)32-14-10-8-12-29(32)40/h6-14,25-26,28,30,33-35,37H,15-22H2,1-5H3/b23-6-/t25-,26?,28?,30?,33?,34?,35-,37?,39+,40-,41-/m0/s1. The lowest BCUT2D eigenvalue weighted by molar-refractivity contribution is -0.401. The summed E-state index contributed by atoms with van der Waals surface area (Å²) in [7, 11) is 6.19. The zero-order valence-electron chi connectivity index (χ0n) is 29.4. The van der Waals surface area contributed by atoms with Gasteiger partial charge in [0.05, 0.1) is 25.8 Å². The smallest absolute Gasteiger partial charge is 0.329 e. The predicted octanol–water partition coefficient (Wildman–Crippen LogP) is 5.54. The maximum atomic E-state index is 14.0. The van der Waals surface area contributed by atoms with Crippen molar-refractivity contribution in [3.63, 3.8) is 0 Å². The number of rotatable bonds is 1. The third-order valence-electron chi connectivity index (χ3n) is 15.5. The Morgan fingerprint density at radius 3 is 2.71 bits per heavy atom. The van der Waals surface area contributed by atoms with Crippen LogP contribution in [0, 0.1) is 23.7 Å². The lowest BCUT2D eigenvalue weighted by Gasteiger charge is -2.72. The normalized spacial score (nSPS) is 43.8. The fourth-order valence-corrected chi connectivity index (χ4v) is 13.5. The molecule has 4 bridgehead atoms. The summed E-state index contributed by atoms with van der Waals surface area (Å²) in [5.74, 6) is 0.357. The summed E-state index contributed by atoms with van der Waals surface area (Å²) >= 11 is 0. The van der Waals surface area contributed by atoms with Gasteiger partial charge in [0, 0.05) is 71.6 Å². The number of aromatic nitrogens is 1. The van der Waals surface area contributed by atoms with Crippen LogP contribution < -0.4 is 4.90 Å². The van der Waals surface area contributed by atoms with Crippen LogP contribution >= 0.6 is 0 Å². The maximum absolute atomic E-state index is 14.0. The monoisotopic (exact) mass is 660 g/mol. The number of nitrogens with zero attached hydrogens (tertiary/aromatic N) is 4. The molecule has 6 unspecified atom stereocenters. The zero-order chi connectivity index (χ0) is 33.2. The number of likely N-dealkylation sites (N-methyl/N-ethyl adjacent to an activating group) is 1. The summed E-state index contributed by atoms with van der Waals surface area (Å²) in [5.41, 5.74) is 7.33. The topological polar surface area (TPSA) is 59.4 Å². The van der Waals surface area contributed by atoms with Crippen LogP contribution in [0.3, 0.4) is 0 Å². The van der Waals surface area contributed by atoms with Gasteiger partial charge in [0.1, 0.15) is 6.04 Å². The van der Waals surface area contributed by atoms with Crippen LogP contribution in [0.2, 0.25) is 0 Å². The van der Waals surface area contributed by atoms with Crippen LogP contribution in [-0.4, -0.2) is 83.8 Å². The number of para-hydroxylation sites is 2. The number of allylic oxidation sites excluding steroid dienone is 1. The molecule has 0 saturated carbocycles. The fraction of sp³-hybridized carbons (Fsp3) is 0.585. The van der Waals surface area contributed by atoms with Crippen LogP contribution in [0.4, 0.5) is 5.69 Å². The van der Waals surface area contributed by atoms with Gasteiger partial charge in [0.25, 0.3) is 0 Å². The van der Waals surface area contributed by atoms with Gasteiger partial charge in [-0.05, 0) is 82.2 Å². The Morgan fingerprint density at radius 2 is 1.88 bits per heavy atom. The van der Waals surface area contributed by atoms with E-state index in [1.54, 1.807) is 12.7 Å². The summed E-state index contributed by atoms with van der Waals surface area (Å²) in [6.45, 7) is 7.02. The number of esters is 1. The van der Waals surface area contributed by atoms with E-state index in [1.165, 1.54) is 27.7 Å². The molecule has 1 spiro atoms. The molecule has 6 fully saturated rings. The minimum atomic E-state index is -0.756. The highest BCUT2D eigenvalue weighted by Crippen LogP contribution is 2.72. The number of fused-ring (bicyclic) bond motifs is 13. The van der Waals surface area contributed by atoms with Gasteiger partial charge in [0.2, 0.25) is 0 Å². The molecule has 49 heavy (non-hydrogen) atoms. The Labute approximate surface area is 288 Å². The van der Waals surface area contributed by atoms with Gasteiger partial charge in [0.15, 0.2) is 11.5 Å². The number of aryl methyl sites for hydroxylation is 1. The van der Waals surface area contributed by atoms with Crippen LogP contribution in [0.15, 0.2) is 60.2 Å². The third kappa shape index (κ3) is 3.26. The molecule has 9 heterocycles. The third-order valence-corrected chi connectivity index (χ3v) is 15.5. The molecule has 8 nitrogen and oxygen atoms in total. The Morgan fingerprint density at radius 1 is 1.06 bits per heavy atom. The second-order valence-electron chi connectivity index (χ2n) is 16.8. The molecular weight excluding hydrogens is 612 g/mol. The van der Waals surface area contributed by atoms with Crippen molar-refractivity contribution in [3.8, 4) is 0 Å². The molecule has 8 aliphatic heterocycles. The summed E-state index contributed by atoms with van der Waals surface area (Å²) in [4.78, 5) is 21.8. The van der Waals surface area contributed by atoms with Crippen molar-refractivity contribution in [1.82, 2.24) is 14.4 Å². The van der Waals surface area contributed by atoms with Crippen molar-refractivity contribution in [1.29, 1.82) is 0 Å². The molecule has 0 amide bonds. The van der Waals surface area contributed by atoms with Gasteiger partial charge in [-0.1, -0.05) is 48.0 Å². The van der Waals surface area contributed by atoms with E-state index in [9.17, 15) is 4.79 Å². The molecule has 11 rings (SSSR count). The van der Waals surface area contributed by atoms with E-state index in [2.05, 4.69) is 102 Å². The number of piperidine rings is 4. The van der Waals surface area contributed by atoms with Gasteiger partial charge < -0.3 is 23.7 Å². The first kappa shape index (κ1) is 29.5. The van der Waals surface area contributed by atoms with Crippen molar-refractivity contribution < 1.29 is 19.0 Å². The van der Waals surface area contributed by atoms with E-state index in [0.29, 0.717) is 30.5 Å². The minimum absolute atomic E-state index is 0.0975. The fourth-order valence-electron chi connectivity index (χ4n) is 13.5. The van der Waals surface area contributed by atoms with E-state index in [0.717, 1.165) is 50.9 Å². The van der Waals surface area contributed by atoms with Gasteiger partial charge >= 0.3 is 5.97 Å². The SMILES string of the molecule is C/C=C1/CN2CC[C@@]34CC5C6CC7c8c(c9ccccc9n8C)CC(C6CO[C@]5(C)O[C@@]35[C@@H]2C[C@@H]1C(C(=O)OC)N5c1ccccc14)N7C. The number of hydrogen-bond acceptors (Lipinski definition) is 7. The number of benzene rings is 2. The van der Waals surface area contributed by atoms with Crippen molar-refractivity contribution in [2.24, 2.45) is 30.7 Å². The average Bonchev–Trinajstić information content (AvgIpc) is 3.53. The average molecular weight is 661 g/mol. The Bertz CT molecular complexity index is 1970. The quantitative estimate of drug-likeness (QED) is 0.251. The second-order valence-corrected chi connectivity index (χ2v) is 16.8. The number of methoxy groups -OCH3 is 1. The number of anilines is 1. The van der Waals surface area contributed by atoms with Gasteiger partial charge in [-0.2, -0.15) is 0 Å². The van der Waals surface area contributed by atoms with E-state index in [1.807, 2.05) is 0 Å². The highest BCUT2D eigenvalue weighted by Gasteiger charge is 2.80. The lowest BCUT2D eigenvalue weighted by Crippen LogP contribution is -2.85. The number of carbonyl (C=O) groups is 1. The molecule has 6 saturated heterocycles. The van der Waals surface area contributed by atoms with E-state index < -0.39 is 17.6 Å². The maximum Gasteiger partial charge on any atom is 0.329 e. The molecule has 8 aliphatic rings. The highest BCUT2D eigenvalue weighted by atomic mass is 16.7. The molecule has 1 aromatic heterocycles. The van der Waals surface area contributed by atoms with E-state index in [-0.39, 0.29) is 29.3 Å². The number of hydrogen-bond donors (Lipinski definition) is 0. The summed E-state index contributed by atoms with van der Waals surface area (Å²) in [5, 5.41) is 1.42. The number of ether oxygens (including phenoxy) is 3. The van der Waals surface area contributed by atoms with Crippen molar-refractivity contribution in [2.45, 2.75) is 87.0 Å². The Balaban J connectivity index is 1.07. The minimum Gasteiger partial charge on any atom is -0.467 e. The van der Waals surface area contributed by atoms with Crippen molar-refractivity contribution in [2.75, 3.05) is 38.8 Å². The number of carbonyl (C=O) groups excluding carboxylic acids is 1. The molecule has 8 heteroatoms. The van der Waals surface area contributed by atoms with Crippen LogP contribution in [0.25, 0.3) is 10.9 Å². The first-order valence-corrected chi connectivity index (χ1v) is 18.7. The summed E-state index contributed by atoms with van der Waals surface area (Å²) in [6, 6.07) is 18.5. The van der Waals surface area contributed by atoms with Crippen molar-refractivity contribution >= 4 is 22.6 Å². The summed E-state index contributed by atoms with van der Waals surface area (Å²) in [6.07, 6.45) is 7.36. The van der Waals surface area contributed by atoms with Crippen LogP contribution in [0.1, 0.15) is 62.4 Å². The van der Waals surface area contributed by atoms with Gasteiger partial charge in [-0.15, -0.1) is 0 Å². The summed E-state index contributed by atoms with van der Waals surface area (Å²) < 4.78 is 23.3. The first-order valence-electron chi connectivity index (χ1n) is 18.7. The van der Waals surface area contributed by atoms with Crippen LogP contribution in [0.5, 0.6) is 0 Å². The van der Waals surface area contributed by atoms with Gasteiger partial charge in [-0.3, -0.25) is 9.80 Å². The molecule has 0 N–H and O–H groups in total. The Kier molecular flexibility index (Phi) is 5.78. The van der Waals surface area contributed by atoms with E-state index >= 15 is 0 Å². The molecule has 0 radical (unpaired) electrons. The molecule has 256 valence electrons. The second kappa shape index (κ2) is 9.58. The highest BCUT2D eigenvalue weighted by molar-refractivity contribution is 5.87. The first-order chi connectivity index (χ1) is 23.8. The molecule has 2 aromatic carbocycles. The molecular formula is C41H48N4O4. The Hall–Kier alpha value is -3.17. The molecule has 3 aromatic rings. The van der Waals surface area contributed by atoms with Crippen LogP contribution in [-0.2, 0) is 37.9 Å². The van der Waals surface area contributed by atoms with E-state index in [4.69, 9.17) is 14.2 Å². The molecule has 0 aliphatic carbocycles. The molecule has 11 atom stereocenters. The lowest BCUT2D eigenvalue weighted by atomic mass is 9.52. The largest absolute Gasteiger partial charge is 0.467 e. The zero-order valence-corrected chi connectivity index (χ0v) is 29.4. The predicted molar refractivity (Wildman–Crippen MR) is 187 cm³/mol. The van der Waals surface area contributed by atoms with Crippen molar-refractivity contribution in [3.05, 3.63) is 77.0 Å². The van der Waals surface area contributed by atoms with Gasteiger partial charge in [-0.25, -0.2) is 4.79 Å².